The summed E-state index contributed by atoms with van der Waals surface area (Å²) in [6, 6.07) is 3.93. The Labute approximate surface area is 140 Å². The van der Waals surface area contributed by atoms with Crippen molar-refractivity contribution in [3.05, 3.63) is 34.3 Å². The quantitative estimate of drug-likeness (QED) is 0.867. The van der Waals surface area contributed by atoms with Crippen molar-refractivity contribution in [3.63, 3.8) is 0 Å². The van der Waals surface area contributed by atoms with Gasteiger partial charge < -0.3 is 5.32 Å². The van der Waals surface area contributed by atoms with E-state index in [0.717, 1.165) is 51.9 Å². The maximum absolute atomic E-state index is 13.6. The van der Waals surface area contributed by atoms with Crippen molar-refractivity contribution >= 4 is 11.6 Å². The molecule has 1 atom stereocenters. The molecule has 0 bridgehead atoms. The third kappa shape index (κ3) is 3.67. The van der Waals surface area contributed by atoms with E-state index in [4.69, 9.17) is 11.6 Å². The molecule has 128 valence electrons. The summed E-state index contributed by atoms with van der Waals surface area (Å²) in [6.45, 7) is 3.16. The van der Waals surface area contributed by atoms with Gasteiger partial charge in [0.2, 0.25) is 0 Å². The van der Waals surface area contributed by atoms with E-state index in [-0.39, 0.29) is 22.5 Å². The molecule has 2 fully saturated rings. The highest BCUT2D eigenvalue weighted by molar-refractivity contribution is 6.31. The lowest BCUT2D eigenvalue weighted by Crippen LogP contribution is -2.47. The number of hydrogen-bond donors (Lipinski definition) is 1. The minimum atomic E-state index is -4.37. The Bertz CT molecular complexity index is 535. The topological polar surface area (TPSA) is 15.3 Å². The molecule has 0 unspecified atom stereocenters. The van der Waals surface area contributed by atoms with Gasteiger partial charge in [0, 0.05) is 42.8 Å². The van der Waals surface area contributed by atoms with Crippen molar-refractivity contribution in [2.45, 2.75) is 37.9 Å². The average Bonchev–Trinajstić information content (AvgIpc) is 3.03. The lowest BCUT2D eigenvalue weighted by molar-refractivity contribution is -0.139. The molecule has 0 amide bonds. The zero-order chi connectivity index (χ0) is 16.4. The van der Waals surface area contributed by atoms with Crippen molar-refractivity contribution < 1.29 is 13.2 Å². The monoisotopic (exact) mass is 346 g/mol. The molecule has 0 aromatic heterocycles. The summed E-state index contributed by atoms with van der Waals surface area (Å²) in [5.74, 6) is 0.258. The number of halogens is 4. The lowest BCUT2D eigenvalue weighted by atomic mass is 9.86. The van der Waals surface area contributed by atoms with E-state index < -0.39 is 11.7 Å². The standard InChI is InChI=1S/C17H22ClF3N2/c18-14-7-3-6-13(17(19,20)21)15(14)16(12-4-1-2-5-12)23-10-8-22-9-11-23/h3,6-7,12,16,22H,1-2,4-5,8-11H2/t16-/m1/s1. The number of hydrogen-bond acceptors (Lipinski definition) is 2. The summed E-state index contributed by atoms with van der Waals surface area (Å²) >= 11 is 6.29. The second-order valence-electron chi connectivity index (χ2n) is 6.47. The van der Waals surface area contributed by atoms with Gasteiger partial charge in [-0.05, 0) is 30.9 Å². The number of piperazine rings is 1. The van der Waals surface area contributed by atoms with Gasteiger partial charge in [0.1, 0.15) is 0 Å². The summed E-state index contributed by atoms with van der Waals surface area (Å²) in [4.78, 5) is 2.20. The molecule has 1 aliphatic carbocycles. The molecule has 1 aromatic rings. The summed E-state index contributed by atoms with van der Waals surface area (Å²) in [5.41, 5.74) is -0.282. The van der Waals surface area contributed by atoms with E-state index in [1.807, 2.05) is 0 Å². The minimum absolute atomic E-state index is 0.232. The second kappa shape index (κ2) is 6.99. The molecule has 1 aliphatic heterocycles. The molecule has 3 rings (SSSR count). The summed E-state index contributed by atoms with van der Waals surface area (Å²) in [5, 5.41) is 3.52. The molecule has 0 radical (unpaired) electrons. The smallest absolute Gasteiger partial charge is 0.314 e. The average molecular weight is 347 g/mol. The van der Waals surface area contributed by atoms with Crippen molar-refractivity contribution in [2.24, 2.45) is 5.92 Å². The molecule has 2 aliphatic rings. The van der Waals surface area contributed by atoms with Crippen LogP contribution in [0.25, 0.3) is 0 Å². The van der Waals surface area contributed by atoms with E-state index in [0.29, 0.717) is 0 Å². The highest BCUT2D eigenvalue weighted by Gasteiger charge is 2.41. The molecule has 6 heteroatoms. The lowest BCUT2D eigenvalue weighted by Gasteiger charge is -2.40. The van der Waals surface area contributed by atoms with E-state index in [2.05, 4.69) is 10.2 Å². The molecule has 23 heavy (non-hydrogen) atoms. The molecule has 1 aromatic carbocycles. The van der Waals surface area contributed by atoms with Crippen LogP contribution in [0.4, 0.5) is 13.2 Å². The minimum Gasteiger partial charge on any atom is -0.314 e. The predicted octanol–water partition coefficient (Wildman–Crippen LogP) is 4.50. The van der Waals surface area contributed by atoms with Crippen molar-refractivity contribution in [1.29, 1.82) is 0 Å². The van der Waals surface area contributed by atoms with Gasteiger partial charge in [-0.2, -0.15) is 13.2 Å². The number of alkyl halides is 3. The molecular formula is C17H22ClF3N2. The van der Waals surface area contributed by atoms with Gasteiger partial charge in [-0.1, -0.05) is 30.5 Å². The van der Waals surface area contributed by atoms with E-state index in [1.165, 1.54) is 12.1 Å². The third-order valence-corrected chi connectivity index (χ3v) is 5.38. The van der Waals surface area contributed by atoms with Gasteiger partial charge in [-0.3, -0.25) is 4.90 Å². The van der Waals surface area contributed by atoms with Crippen LogP contribution in [-0.2, 0) is 6.18 Å². The second-order valence-corrected chi connectivity index (χ2v) is 6.88. The number of nitrogens with zero attached hydrogens (tertiary/aromatic N) is 1. The first-order chi connectivity index (χ1) is 11.0. The highest BCUT2D eigenvalue weighted by atomic mass is 35.5. The predicted molar refractivity (Wildman–Crippen MR) is 85.6 cm³/mol. The Morgan fingerprint density at radius 2 is 1.78 bits per heavy atom. The largest absolute Gasteiger partial charge is 0.416 e. The molecule has 2 nitrogen and oxygen atoms in total. The van der Waals surface area contributed by atoms with Gasteiger partial charge in [-0.15, -0.1) is 0 Å². The van der Waals surface area contributed by atoms with Crippen molar-refractivity contribution in [1.82, 2.24) is 10.2 Å². The maximum Gasteiger partial charge on any atom is 0.416 e. The van der Waals surface area contributed by atoms with Crippen LogP contribution in [-0.4, -0.2) is 31.1 Å². The zero-order valence-corrected chi connectivity index (χ0v) is 13.8. The fourth-order valence-corrected chi connectivity index (χ4v) is 4.32. The molecule has 1 saturated heterocycles. The normalized spacial score (nSPS) is 22.4. The van der Waals surface area contributed by atoms with E-state index in [1.54, 1.807) is 6.07 Å². The summed E-state index contributed by atoms with van der Waals surface area (Å²) in [7, 11) is 0. The van der Waals surface area contributed by atoms with Crippen LogP contribution in [0.3, 0.4) is 0 Å². The van der Waals surface area contributed by atoms with Crippen LogP contribution in [0.15, 0.2) is 18.2 Å². The first kappa shape index (κ1) is 17.1. The molecular weight excluding hydrogens is 325 g/mol. The molecule has 1 heterocycles. The maximum atomic E-state index is 13.6. The van der Waals surface area contributed by atoms with Gasteiger partial charge in [-0.25, -0.2) is 0 Å². The fourth-order valence-electron chi connectivity index (χ4n) is 4.03. The first-order valence-corrected chi connectivity index (χ1v) is 8.66. The Balaban J connectivity index is 2.05. The highest BCUT2D eigenvalue weighted by Crippen LogP contribution is 2.46. The van der Waals surface area contributed by atoms with Crippen molar-refractivity contribution in [3.8, 4) is 0 Å². The Kier molecular flexibility index (Phi) is 5.19. The number of nitrogens with one attached hydrogen (secondary N) is 1. The van der Waals surface area contributed by atoms with Crippen molar-refractivity contribution in [2.75, 3.05) is 26.2 Å². The van der Waals surface area contributed by atoms with Gasteiger partial charge in [0.25, 0.3) is 0 Å². The van der Waals surface area contributed by atoms with Crippen LogP contribution < -0.4 is 5.32 Å². The Morgan fingerprint density at radius 3 is 2.39 bits per heavy atom. The summed E-state index contributed by atoms with van der Waals surface area (Å²) < 4.78 is 40.7. The summed E-state index contributed by atoms with van der Waals surface area (Å²) in [6.07, 6.45) is -0.211. The molecule has 1 saturated carbocycles. The number of rotatable bonds is 3. The zero-order valence-electron chi connectivity index (χ0n) is 13.0. The molecule has 0 spiro atoms. The third-order valence-electron chi connectivity index (χ3n) is 5.05. The Hall–Kier alpha value is -0.780. The van der Waals surface area contributed by atoms with Crippen LogP contribution >= 0.6 is 11.6 Å². The van der Waals surface area contributed by atoms with Gasteiger partial charge in [0.05, 0.1) is 5.56 Å². The first-order valence-electron chi connectivity index (χ1n) is 8.29. The molecule has 1 N–H and O–H groups in total. The van der Waals surface area contributed by atoms with E-state index >= 15 is 0 Å². The Morgan fingerprint density at radius 1 is 1.13 bits per heavy atom. The fraction of sp³-hybridized carbons (Fsp3) is 0.647. The SMILES string of the molecule is FC(F)(F)c1cccc(Cl)c1[C@@H](C1CCCC1)N1CCNCC1. The number of benzene rings is 1. The van der Waals surface area contributed by atoms with Gasteiger partial charge in [0.15, 0.2) is 0 Å². The van der Waals surface area contributed by atoms with E-state index in [9.17, 15) is 13.2 Å². The van der Waals surface area contributed by atoms with Gasteiger partial charge >= 0.3 is 6.18 Å². The van der Waals surface area contributed by atoms with Crippen LogP contribution in [0.5, 0.6) is 0 Å². The van der Waals surface area contributed by atoms with Crippen LogP contribution in [0.2, 0.25) is 5.02 Å². The van der Waals surface area contributed by atoms with Crippen LogP contribution in [0, 0.1) is 5.92 Å². The van der Waals surface area contributed by atoms with Crippen LogP contribution in [0.1, 0.15) is 42.9 Å².